The number of hydrogen-bond donors (Lipinski definition) is 2. The summed E-state index contributed by atoms with van der Waals surface area (Å²) < 4.78 is 44.5. The van der Waals surface area contributed by atoms with Gasteiger partial charge in [-0.05, 0) is 69.6 Å². The van der Waals surface area contributed by atoms with Crippen molar-refractivity contribution < 1.29 is 33.2 Å². The van der Waals surface area contributed by atoms with E-state index in [0.717, 1.165) is 30.8 Å². The van der Waals surface area contributed by atoms with Crippen LogP contribution in [-0.4, -0.2) is 75.6 Å². The summed E-state index contributed by atoms with van der Waals surface area (Å²) in [5.41, 5.74) is 1.27. The second-order valence-electron chi connectivity index (χ2n) is 11.0. The first-order chi connectivity index (χ1) is 18.6. The van der Waals surface area contributed by atoms with Crippen molar-refractivity contribution in [2.24, 2.45) is 5.92 Å². The molecule has 2 fully saturated rings. The number of aliphatic hydroxyl groups excluding tert-OH is 1. The van der Waals surface area contributed by atoms with Gasteiger partial charge < -0.3 is 24.4 Å². The molecule has 0 aliphatic carbocycles. The highest BCUT2D eigenvalue weighted by Crippen LogP contribution is 2.32. The van der Waals surface area contributed by atoms with E-state index in [4.69, 9.17) is 14.2 Å². The van der Waals surface area contributed by atoms with Gasteiger partial charge in [-0.25, -0.2) is 4.68 Å². The first kappa shape index (κ1) is 27.5. The SMILES string of the molecule is CC1(Oc2ccc(-n3ccc(-c4ccc(CN5CCCC([C@](C)(O)CO)C5)c(OC(F)F)c4)n3)cc2)COC1. The monoisotopic (exact) mass is 543 g/mol. The summed E-state index contributed by atoms with van der Waals surface area (Å²) in [5, 5.41) is 24.7. The standard InChI is InChI=1S/C29H35F2N3O5/c1-28(18-37-19-28)39-24-9-7-23(8-10-24)34-13-11-25(32-34)20-5-6-21(26(14-20)38-27(30)31)15-33-12-3-4-22(16-33)29(2,36)17-35/h5-11,13-14,22,27,35-36H,3-4,12,15-19H2,1-2H3/t22?,29-/m1/s1. The molecule has 0 spiro atoms. The average Bonchev–Trinajstić information content (AvgIpc) is 3.39. The lowest BCUT2D eigenvalue weighted by atomic mass is 9.83. The molecule has 2 aromatic carbocycles. The lowest BCUT2D eigenvalue weighted by Crippen LogP contribution is -2.51. The summed E-state index contributed by atoms with van der Waals surface area (Å²) in [4.78, 5) is 2.10. The Morgan fingerprint density at radius 1 is 1.18 bits per heavy atom. The Morgan fingerprint density at radius 3 is 2.62 bits per heavy atom. The van der Waals surface area contributed by atoms with Crippen molar-refractivity contribution in [1.29, 1.82) is 0 Å². The van der Waals surface area contributed by atoms with E-state index in [2.05, 4.69) is 10.00 Å². The molecule has 2 aliphatic rings. The topological polar surface area (TPSA) is 89.2 Å². The first-order valence-electron chi connectivity index (χ1n) is 13.2. The molecule has 39 heavy (non-hydrogen) atoms. The van der Waals surface area contributed by atoms with E-state index in [-0.39, 0.29) is 23.9 Å². The molecule has 210 valence electrons. The normalized spacial score (nSPS) is 20.8. The smallest absolute Gasteiger partial charge is 0.387 e. The van der Waals surface area contributed by atoms with Crippen LogP contribution in [0.4, 0.5) is 8.78 Å². The largest absolute Gasteiger partial charge is 0.483 e. The number of benzene rings is 2. The third-order valence-corrected chi connectivity index (χ3v) is 7.55. The van der Waals surface area contributed by atoms with Crippen LogP contribution in [0.25, 0.3) is 16.9 Å². The molecule has 0 bridgehead atoms. The predicted molar refractivity (Wildman–Crippen MR) is 141 cm³/mol. The number of hydrogen-bond acceptors (Lipinski definition) is 7. The third kappa shape index (κ3) is 6.41. The summed E-state index contributed by atoms with van der Waals surface area (Å²) in [6.45, 7) is 3.22. The zero-order chi connectivity index (χ0) is 27.6. The van der Waals surface area contributed by atoms with Gasteiger partial charge in [0, 0.05) is 36.3 Å². The molecule has 3 heterocycles. The highest BCUT2D eigenvalue weighted by molar-refractivity contribution is 5.62. The molecule has 1 unspecified atom stereocenters. The summed E-state index contributed by atoms with van der Waals surface area (Å²) >= 11 is 0. The summed E-state index contributed by atoms with van der Waals surface area (Å²) in [6.07, 6.45) is 3.47. The van der Waals surface area contributed by atoms with E-state index in [1.54, 1.807) is 23.7 Å². The highest BCUT2D eigenvalue weighted by Gasteiger charge is 2.36. The molecule has 0 saturated carbocycles. The fraction of sp³-hybridized carbons (Fsp3) is 0.483. The lowest BCUT2D eigenvalue weighted by molar-refractivity contribution is -0.149. The third-order valence-electron chi connectivity index (χ3n) is 7.55. The zero-order valence-electron chi connectivity index (χ0n) is 22.2. The summed E-state index contributed by atoms with van der Waals surface area (Å²) in [7, 11) is 0. The number of ether oxygens (including phenoxy) is 3. The second kappa shape index (κ2) is 11.2. The minimum absolute atomic E-state index is 0.100. The van der Waals surface area contributed by atoms with Crippen LogP contribution in [0.1, 0.15) is 32.3 Å². The van der Waals surface area contributed by atoms with Crippen LogP contribution in [0.15, 0.2) is 54.7 Å². The van der Waals surface area contributed by atoms with Gasteiger partial charge in [0.15, 0.2) is 5.60 Å². The first-order valence-corrected chi connectivity index (χ1v) is 13.2. The Balaban J connectivity index is 1.31. The minimum atomic E-state index is -2.96. The summed E-state index contributed by atoms with van der Waals surface area (Å²) in [5.74, 6) is 0.749. The van der Waals surface area contributed by atoms with Crippen LogP contribution >= 0.6 is 0 Å². The van der Waals surface area contributed by atoms with Crippen molar-refractivity contribution in [3.63, 3.8) is 0 Å². The molecule has 10 heteroatoms. The number of piperidine rings is 1. The number of halogens is 2. The second-order valence-corrected chi connectivity index (χ2v) is 11.0. The number of aromatic nitrogens is 2. The van der Waals surface area contributed by atoms with Gasteiger partial charge in [-0.1, -0.05) is 12.1 Å². The molecule has 5 rings (SSSR count). The fourth-order valence-corrected chi connectivity index (χ4v) is 5.15. The molecule has 2 N–H and O–H groups in total. The van der Waals surface area contributed by atoms with Gasteiger partial charge in [-0.15, -0.1) is 0 Å². The van der Waals surface area contributed by atoms with Crippen LogP contribution < -0.4 is 9.47 Å². The van der Waals surface area contributed by atoms with E-state index >= 15 is 0 Å². The van der Waals surface area contributed by atoms with Crippen molar-refractivity contribution in [1.82, 2.24) is 14.7 Å². The van der Waals surface area contributed by atoms with Crippen molar-refractivity contribution in [2.45, 2.75) is 51.0 Å². The lowest BCUT2D eigenvalue weighted by Gasteiger charge is -2.39. The number of alkyl halides is 2. The average molecular weight is 544 g/mol. The Bertz CT molecular complexity index is 1260. The minimum Gasteiger partial charge on any atom is -0.483 e. The van der Waals surface area contributed by atoms with Crippen LogP contribution in [-0.2, 0) is 11.3 Å². The number of aliphatic hydroxyl groups is 2. The molecule has 0 amide bonds. The van der Waals surface area contributed by atoms with Gasteiger partial charge in [0.25, 0.3) is 0 Å². The Morgan fingerprint density at radius 2 is 1.95 bits per heavy atom. The van der Waals surface area contributed by atoms with Crippen LogP contribution in [0.5, 0.6) is 11.5 Å². The van der Waals surface area contributed by atoms with Gasteiger partial charge in [-0.3, -0.25) is 4.90 Å². The Hall–Kier alpha value is -3.05. The Kier molecular flexibility index (Phi) is 7.91. The molecular weight excluding hydrogens is 508 g/mol. The van der Waals surface area contributed by atoms with Crippen molar-refractivity contribution in [2.75, 3.05) is 32.9 Å². The van der Waals surface area contributed by atoms with Gasteiger partial charge in [-0.2, -0.15) is 13.9 Å². The number of nitrogens with zero attached hydrogens (tertiary/aromatic N) is 3. The van der Waals surface area contributed by atoms with Gasteiger partial charge in [0.05, 0.1) is 36.8 Å². The predicted octanol–water partition coefficient (Wildman–Crippen LogP) is 4.26. The van der Waals surface area contributed by atoms with Gasteiger partial charge >= 0.3 is 6.61 Å². The molecule has 3 aromatic rings. The fourth-order valence-electron chi connectivity index (χ4n) is 5.15. The van der Waals surface area contributed by atoms with Gasteiger partial charge in [0.1, 0.15) is 11.5 Å². The molecular formula is C29H35F2N3O5. The van der Waals surface area contributed by atoms with E-state index in [0.29, 0.717) is 43.1 Å². The van der Waals surface area contributed by atoms with Crippen LogP contribution in [0, 0.1) is 5.92 Å². The number of likely N-dealkylation sites (tertiary alicyclic amines) is 1. The maximum atomic E-state index is 13.3. The molecule has 2 saturated heterocycles. The maximum Gasteiger partial charge on any atom is 0.387 e. The molecule has 0 radical (unpaired) electrons. The maximum absolute atomic E-state index is 13.3. The molecule has 2 atom stereocenters. The van der Waals surface area contributed by atoms with E-state index in [9.17, 15) is 19.0 Å². The van der Waals surface area contributed by atoms with E-state index < -0.39 is 12.2 Å². The zero-order valence-corrected chi connectivity index (χ0v) is 22.2. The molecule has 8 nitrogen and oxygen atoms in total. The molecule has 1 aromatic heterocycles. The summed E-state index contributed by atoms with van der Waals surface area (Å²) in [6, 6.07) is 14.6. The van der Waals surface area contributed by atoms with Crippen LogP contribution in [0.2, 0.25) is 0 Å². The Labute approximate surface area is 226 Å². The quantitative estimate of drug-likeness (QED) is 0.395. The van der Waals surface area contributed by atoms with E-state index in [1.807, 2.05) is 49.5 Å². The number of rotatable bonds is 10. The highest BCUT2D eigenvalue weighted by atomic mass is 19.3. The van der Waals surface area contributed by atoms with E-state index in [1.165, 1.54) is 0 Å². The van der Waals surface area contributed by atoms with Crippen molar-refractivity contribution >= 4 is 0 Å². The van der Waals surface area contributed by atoms with Crippen molar-refractivity contribution in [3.8, 4) is 28.4 Å². The van der Waals surface area contributed by atoms with Crippen LogP contribution in [0.3, 0.4) is 0 Å². The van der Waals surface area contributed by atoms with Crippen molar-refractivity contribution in [3.05, 3.63) is 60.3 Å². The molecule has 2 aliphatic heterocycles. The van der Waals surface area contributed by atoms with Gasteiger partial charge in [0.2, 0.25) is 0 Å².